The Bertz CT molecular complexity index is 2390. The Morgan fingerprint density at radius 3 is 1.80 bits per heavy atom. The summed E-state index contributed by atoms with van der Waals surface area (Å²) in [6, 6.07) is 51.7. The van der Waals surface area contributed by atoms with Crippen LogP contribution in [-0.2, 0) is 0 Å². The van der Waals surface area contributed by atoms with Crippen LogP contribution in [0.4, 0.5) is 0 Å². The lowest BCUT2D eigenvalue weighted by molar-refractivity contribution is 0.465. The number of nitrogens with zero attached hydrogens (tertiary/aromatic N) is 1. The molecule has 8 aromatic rings. The van der Waals surface area contributed by atoms with E-state index in [0.29, 0.717) is 0 Å². The first kappa shape index (κ1) is 23.8. The van der Waals surface area contributed by atoms with Gasteiger partial charge in [-0.3, -0.25) is 0 Å². The summed E-state index contributed by atoms with van der Waals surface area (Å²) < 4.78 is 15.7. The number of aromatic nitrogens is 1. The minimum absolute atomic E-state index is 0.0338. The van der Waals surface area contributed by atoms with Gasteiger partial charge in [-0.25, -0.2) is 0 Å². The van der Waals surface area contributed by atoms with Crippen molar-refractivity contribution in [3.05, 3.63) is 146 Å². The van der Waals surface area contributed by atoms with E-state index in [9.17, 15) is 0 Å². The van der Waals surface area contributed by atoms with Crippen LogP contribution in [0.5, 0.6) is 23.0 Å². The molecule has 0 aliphatic carbocycles. The Morgan fingerprint density at radius 1 is 0.432 bits per heavy atom. The van der Waals surface area contributed by atoms with Crippen molar-refractivity contribution in [2.45, 2.75) is 0 Å². The van der Waals surface area contributed by atoms with Gasteiger partial charge in [-0.05, 0) is 81.4 Å². The second kappa shape index (κ2) is 8.89. The molecule has 3 nitrogen and oxygen atoms in total. The van der Waals surface area contributed by atoms with Crippen molar-refractivity contribution in [2.24, 2.45) is 0 Å². The van der Waals surface area contributed by atoms with Gasteiger partial charge in [0.2, 0.25) is 0 Å². The van der Waals surface area contributed by atoms with Crippen LogP contribution in [0.2, 0.25) is 0 Å². The molecule has 0 N–H and O–H groups in total. The molecule has 3 heterocycles. The van der Waals surface area contributed by atoms with Gasteiger partial charge < -0.3 is 14.0 Å². The molecule has 2 aliphatic heterocycles. The molecule has 4 heteroatoms. The van der Waals surface area contributed by atoms with Gasteiger partial charge in [-0.15, -0.1) is 0 Å². The largest absolute Gasteiger partial charge is 0.458 e. The monoisotopic (exact) mass is 561 g/mol. The molecule has 44 heavy (non-hydrogen) atoms. The first-order chi connectivity index (χ1) is 21.8. The maximum absolute atomic E-state index is 6.70. The lowest BCUT2D eigenvalue weighted by Crippen LogP contribution is -2.57. The first-order valence-corrected chi connectivity index (χ1v) is 15.0. The Hall–Kier alpha value is -5.74. The Labute approximate surface area is 254 Å². The highest BCUT2D eigenvalue weighted by atomic mass is 16.5. The second-order valence-corrected chi connectivity index (χ2v) is 11.7. The molecule has 0 spiro atoms. The van der Waals surface area contributed by atoms with Crippen molar-refractivity contribution in [2.75, 3.05) is 0 Å². The van der Waals surface area contributed by atoms with Gasteiger partial charge in [0.15, 0.2) is 0 Å². The third kappa shape index (κ3) is 3.28. The van der Waals surface area contributed by atoms with E-state index in [-0.39, 0.29) is 6.71 Å². The molecular weight excluding hydrogens is 537 g/mol. The van der Waals surface area contributed by atoms with Crippen LogP contribution >= 0.6 is 0 Å². The van der Waals surface area contributed by atoms with Gasteiger partial charge >= 0.3 is 0 Å². The lowest BCUT2D eigenvalue weighted by Gasteiger charge is -2.34. The molecule has 204 valence electrons. The third-order valence-corrected chi connectivity index (χ3v) is 9.32. The number of rotatable bonds is 2. The van der Waals surface area contributed by atoms with E-state index in [4.69, 9.17) is 9.47 Å². The predicted molar refractivity (Wildman–Crippen MR) is 181 cm³/mol. The van der Waals surface area contributed by atoms with E-state index in [2.05, 4.69) is 144 Å². The van der Waals surface area contributed by atoms with E-state index < -0.39 is 0 Å². The molecule has 0 fully saturated rings. The molecular formula is C40H24BNO2. The first-order valence-electron chi connectivity index (χ1n) is 15.0. The summed E-state index contributed by atoms with van der Waals surface area (Å²) in [5.41, 5.74) is 9.19. The predicted octanol–water partition coefficient (Wildman–Crippen LogP) is 8.33. The van der Waals surface area contributed by atoms with E-state index in [0.717, 1.165) is 45.3 Å². The zero-order valence-electron chi connectivity index (χ0n) is 23.7. The molecule has 0 bridgehead atoms. The quantitative estimate of drug-likeness (QED) is 0.198. The number of hydrogen-bond acceptors (Lipinski definition) is 2. The fraction of sp³-hybridized carbons (Fsp3) is 0. The Balaban J connectivity index is 1.13. The smallest absolute Gasteiger partial charge is 0.261 e. The molecule has 0 amide bonds. The summed E-state index contributed by atoms with van der Waals surface area (Å²) >= 11 is 0. The second-order valence-electron chi connectivity index (χ2n) is 11.7. The van der Waals surface area contributed by atoms with Crippen molar-refractivity contribution in [3.8, 4) is 39.8 Å². The van der Waals surface area contributed by atoms with Crippen molar-refractivity contribution in [3.63, 3.8) is 0 Å². The normalized spacial score (nSPS) is 12.9. The highest BCUT2D eigenvalue weighted by Crippen LogP contribution is 2.40. The zero-order chi connectivity index (χ0) is 28.8. The summed E-state index contributed by atoms with van der Waals surface area (Å²) in [5, 5.41) is 4.95. The maximum atomic E-state index is 6.70. The molecule has 2 aliphatic rings. The number of hydrogen-bond donors (Lipinski definition) is 0. The topological polar surface area (TPSA) is 23.4 Å². The summed E-state index contributed by atoms with van der Waals surface area (Å²) in [7, 11) is 0. The van der Waals surface area contributed by atoms with Crippen LogP contribution in [0, 0.1) is 0 Å². The minimum atomic E-state index is 0.0338. The molecule has 1 aromatic heterocycles. The van der Waals surface area contributed by atoms with Gasteiger partial charge in [-0.2, -0.15) is 0 Å². The van der Waals surface area contributed by atoms with Gasteiger partial charge in [-0.1, -0.05) is 97.1 Å². The highest BCUT2D eigenvalue weighted by molar-refractivity contribution is 6.99. The summed E-state index contributed by atoms with van der Waals surface area (Å²) in [6.45, 7) is 0.0338. The summed E-state index contributed by atoms with van der Waals surface area (Å²) in [6.07, 6.45) is 0. The van der Waals surface area contributed by atoms with Crippen LogP contribution in [0.15, 0.2) is 146 Å². The van der Waals surface area contributed by atoms with Crippen molar-refractivity contribution in [1.29, 1.82) is 0 Å². The Morgan fingerprint density at radius 2 is 1.05 bits per heavy atom. The molecule has 0 unspecified atom stereocenters. The fourth-order valence-corrected chi connectivity index (χ4v) is 7.39. The van der Waals surface area contributed by atoms with Gasteiger partial charge in [0, 0.05) is 21.9 Å². The third-order valence-electron chi connectivity index (χ3n) is 9.32. The average molecular weight is 561 g/mol. The van der Waals surface area contributed by atoms with Crippen LogP contribution < -0.4 is 25.9 Å². The zero-order valence-corrected chi connectivity index (χ0v) is 23.7. The van der Waals surface area contributed by atoms with Crippen molar-refractivity contribution < 1.29 is 9.47 Å². The molecule has 0 radical (unpaired) electrons. The average Bonchev–Trinajstić information content (AvgIpc) is 3.42. The SMILES string of the molecule is c1ccc2c(c1)Oc1cc(-c3ccc(-n4c5ccccc5c5ccccc54)cc3)cc3c1B2c1c(ccc2ccccc12)O3. The summed E-state index contributed by atoms with van der Waals surface area (Å²) in [4.78, 5) is 0. The Kier molecular flexibility index (Phi) is 4.80. The summed E-state index contributed by atoms with van der Waals surface area (Å²) in [5.74, 6) is 3.51. The van der Waals surface area contributed by atoms with Crippen LogP contribution in [-0.4, -0.2) is 11.3 Å². The molecule has 0 saturated heterocycles. The lowest BCUT2D eigenvalue weighted by atomic mass is 9.34. The van der Waals surface area contributed by atoms with Crippen LogP contribution in [0.1, 0.15) is 0 Å². The van der Waals surface area contributed by atoms with E-state index in [1.165, 1.54) is 43.5 Å². The van der Waals surface area contributed by atoms with Gasteiger partial charge in [0.1, 0.15) is 23.0 Å². The van der Waals surface area contributed by atoms with Crippen molar-refractivity contribution in [1.82, 2.24) is 4.57 Å². The number of benzene rings is 7. The number of ether oxygens (including phenoxy) is 2. The van der Waals surface area contributed by atoms with Crippen LogP contribution in [0.25, 0.3) is 49.4 Å². The molecule has 10 rings (SSSR count). The highest BCUT2D eigenvalue weighted by Gasteiger charge is 2.41. The minimum Gasteiger partial charge on any atom is -0.458 e. The molecule has 0 atom stereocenters. The van der Waals surface area contributed by atoms with Crippen molar-refractivity contribution >= 4 is 55.7 Å². The molecule has 7 aromatic carbocycles. The van der Waals surface area contributed by atoms with E-state index in [1.807, 2.05) is 6.07 Å². The van der Waals surface area contributed by atoms with Gasteiger partial charge in [0.25, 0.3) is 6.71 Å². The van der Waals surface area contributed by atoms with E-state index in [1.54, 1.807) is 0 Å². The van der Waals surface area contributed by atoms with Gasteiger partial charge in [0.05, 0.1) is 11.0 Å². The standard InChI is InChI=1S/C40H24BNO2/c1-2-10-29-26(9-1)19-22-36-39(29)41-32-13-5-8-16-35(32)43-37-23-27(24-38(44-36)40(37)41)25-17-20-28(21-18-25)42-33-14-6-3-11-30(33)31-12-4-7-15-34(31)42/h1-24H. The fourth-order valence-electron chi connectivity index (χ4n) is 7.39. The maximum Gasteiger partial charge on any atom is 0.261 e. The number of fused-ring (bicyclic) bond motifs is 9. The van der Waals surface area contributed by atoms with E-state index >= 15 is 0 Å². The number of para-hydroxylation sites is 3. The van der Waals surface area contributed by atoms with Crippen LogP contribution in [0.3, 0.4) is 0 Å². The molecule has 0 saturated carbocycles.